The Labute approximate surface area is 119 Å². The van der Waals surface area contributed by atoms with E-state index in [0.29, 0.717) is 22.9 Å². The topological polar surface area (TPSA) is 57.3 Å². The number of nitrogens with zero attached hydrogens (tertiary/aromatic N) is 2. The number of halogens is 1. The molecule has 1 aromatic heterocycles. The van der Waals surface area contributed by atoms with E-state index in [1.165, 1.54) is 6.20 Å². The summed E-state index contributed by atoms with van der Waals surface area (Å²) in [4.78, 5) is 18.0. The Bertz CT molecular complexity index is 423. The lowest BCUT2D eigenvalue weighted by molar-refractivity contribution is 0.0950. The Morgan fingerprint density at radius 1 is 1.42 bits per heavy atom. The first-order chi connectivity index (χ1) is 9.04. The van der Waals surface area contributed by atoms with Gasteiger partial charge in [0, 0.05) is 25.8 Å². The highest BCUT2D eigenvalue weighted by Crippen LogP contribution is 2.19. The van der Waals surface area contributed by atoms with Crippen molar-refractivity contribution in [2.45, 2.75) is 13.3 Å². The van der Waals surface area contributed by atoms with E-state index in [4.69, 9.17) is 11.6 Å². The van der Waals surface area contributed by atoms with E-state index >= 15 is 0 Å². The van der Waals surface area contributed by atoms with Gasteiger partial charge in [-0.1, -0.05) is 18.5 Å². The van der Waals surface area contributed by atoms with Crippen LogP contribution in [0, 0.1) is 0 Å². The number of carbonyl (C=O) groups excluding carboxylic acids is 1. The Hall–Kier alpha value is -1.33. The van der Waals surface area contributed by atoms with Gasteiger partial charge in [0.25, 0.3) is 5.91 Å². The minimum Gasteiger partial charge on any atom is -0.369 e. The maximum atomic E-state index is 11.9. The number of nitrogens with one attached hydrogen (secondary N) is 2. The molecular formula is C13H21ClN4O. The first-order valence-electron chi connectivity index (χ1n) is 6.37. The molecule has 0 aliphatic carbocycles. The van der Waals surface area contributed by atoms with Gasteiger partial charge in [-0.3, -0.25) is 4.79 Å². The quantitative estimate of drug-likeness (QED) is 0.802. The molecule has 0 radical (unpaired) electrons. The molecule has 0 saturated carbocycles. The molecule has 1 rings (SSSR count). The zero-order valence-corrected chi connectivity index (χ0v) is 12.4. The molecule has 1 heterocycles. The van der Waals surface area contributed by atoms with Gasteiger partial charge >= 0.3 is 0 Å². The molecule has 0 spiro atoms. The van der Waals surface area contributed by atoms with Crippen molar-refractivity contribution in [2.24, 2.45) is 0 Å². The van der Waals surface area contributed by atoms with Gasteiger partial charge < -0.3 is 15.5 Å². The lowest BCUT2D eigenvalue weighted by Crippen LogP contribution is -2.31. The van der Waals surface area contributed by atoms with Crippen LogP contribution in [0.5, 0.6) is 0 Å². The maximum absolute atomic E-state index is 11.9. The van der Waals surface area contributed by atoms with E-state index in [0.717, 1.165) is 19.5 Å². The summed E-state index contributed by atoms with van der Waals surface area (Å²) in [5, 5.41) is 6.39. The minimum atomic E-state index is -0.154. The van der Waals surface area contributed by atoms with Crippen LogP contribution >= 0.6 is 11.6 Å². The first kappa shape index (κ1) is 15.7. The fourth-order valence-electron chi connectivity index (χ4n) is 1.43. The van der Waals surface area contributed by atoms with Gasteiger partial charge in [0.1, 0.15) is 5.82 Å². The number of anilines is 1. The average Bonchev–Trinajstić information content (AvgIpc) is 2.36. The van der Waals surface area contributed by atoms with Crippen LogP contribution in [0.1, 0.15) is 23.7 Å². The fraction of sp³-hybridized carbons (Fsp3) is 0.538. The predicted octanol–water partition coefficient (Wildman–Crippen LogP) is 1.85. The molecule has 0 aliphatic rings. The maximum Gasteiger partial charge on any atom is 0.252 e. The summed E-state index contributed by atoms with van der Waals surface area (Å²) in [6, 6.07) is 1.64. The van der Waals surface area contributed by atoms with E-state index in [-0.39, 0.29) is 5.91 Å². The summed E-state index contributed by atoms with van der Waals surface area (Å²) in [7, 11) is 3.91. The van der Waals surface area contributed by atoms with Gasteiger partial charge in [-0.15, -0.1) is 0 Å². The van der Waals surface area contributed by atoms with Crippen LogP contribution in [0.3, 0.4) is 0 Å². The van der Waals surface area contributed by atoms with E-state index in [1.54, 1.807) is 6.07 Å². The summed E-state index contributed by atoms with van der Waals surface area (Å²) < 4.78 is 0. The van der Waals surface area contributed by atoms with E-state index in [9.17, 15) is 4.79 Å². The van der Waals surface area contributed by atoms with Crippen molar-refractivity contribution < 1.29 is 4.79 Å². The van der Waals surface area contributed by atoms with Crippen molar-refractivity contribution in [3.8, 4) is 0 Å². The summed E-state index contributed by atoms with van der Waals surface area (Å²) in [5.74, 6) is 0.464. The summed E-state index contributed by atoms with van der Waals surface area (Å²) >= 11 is 6.08. The second-order valence-corrected chi connectivity index (χ2v) is 4.95. The molecule has 5 nitrogen and oxygen atoms in total. The SMILES string of the molecule is CCCNc1ncc(C(=O)NCCN(C)C)cc1Cl. The highest BCUT2D eigenvalue weighted by atomic mass is 35.5. The molecular weight excluding hydrogens is 264 g/mol. The van der Waals surface area contributed by atoms with Crippen molar-refractivity contribution in [3.63, 3.8) is 0 Å². The van der Waals surface area contributed by atoms with Crippen molar-refractivity contribution >= 4 is 23.3 Å². The number of carbonyl (C=O) groups is 1. The van der Waals surface area contributed by atoms with Gasteiger partial charge in [-0.2, -0.15) is 0 Å². The summed E-state index contributed by atoms with van der Waals surface area (Å²) in [6.07, 6.45) is 2.53. The third-order valence-corrected chi connectivity index (χ3v) is 2.78. The van der Waals surface area contributed by atoms with Crippen LogP contribution in [-0.4, -0.2) is 49.5 Å². The second kappa shape index (κ2) is 7.96. The molecule has 0 fully saturated rings. The summed E-state index contributed by atoms with van der Waals surface area (Å²) in [6.45, 7) is 4.26. The standard InChI is InChI=1S/C13H21ClN4O/c1-4-5-15-12-11(14)8-10(9-17-12)13(19)16-6-7-18(2)3/h8-9H,4-7H2,1-3H3,(H,15,17)(H,16,19). The van der Waals surface area contributed by atoms with E-state index < -0.39 is 0 Å². The first-order valence-corrected chi connectivity index (χ1v) is 6.74. The normalized spacial score (nSPS) is 10.6. The van der Waals surface area contributed by atoms with Gasteiger partial charge in [-0.05, 0) is 26.6 Å². The number of aromatic nitrogens is 1. The van der Waals surface area contributed by atoms with Crippen molar-refractivity contribution in [2.75, 3.05) is 39.0 Å². The van der Waals surface area contributed by atoms with Crippen LogP contribution in [0.15, 0.2) is 12.3 Å². The summed E-state index contributed by atoms with van der Waals surface area (Å²) in [5.41, 5.74) is 0.478. The van der Waals surface area contributed by atoms with Crippen molar-refractivity contribution in [1.29, 1.82) is 0 Å². The van der Waals surface area contributed by atoms with Crippen molar-refractivity contribution in [3.05, 3.63) is 22.8 Å². The van der Waals surface area contributed by atoms with Crippen molar-refractivity contribution in [1.82, 2.24) is 15.2 Å². The lowest BCUT2D eigenvalue weighted by Gasteiger charge is -2.11. The molecule has 6 heteroatoms. The molecule has 0 saturated heterocycles. The third kappa shape index (κ3) is 5.44. The van der Waals surface area contributed by atoms with Gasteiger partial charge in [0.05, 0.1) is 10.6 Å². The minimum absolute atomic E-state index is 0.154. The van der Waals surface area contributed by atoms with Crippen LogP contribution in [0.2, 0.25) is 5.02 Å². The number of pyridine rings is 1. The molecule has 0 aliphatic heterocycles. The Balaban J connectivity index is 2.59. The molecule has 2 N–H and O–H groups in total. The molecule has 0 unspecified atom stereocenters. The molecule has 106 valence electrons. The van der Waals surface area contributed by atoms with Gasteiger partial charge in [0.15, 0.2) is 0 Å². The molecule has 0 bridgehead atoms. The largest absolute Gasteiger partial charge is 0.369 e. The lowest BCUT2D eigenvalue weighted by atomic mass is 10.2. The van der Waals surface area contributed by atoms with Gasteiger partial charge in [-0.25, -0.2) is 4.98 Å². The van der Waals surface area contributed by atoms with E-state index in [2.05, 4.69) is 22.5 Å². The number of amides is 1. The smallest absolute Gasteiger partial charge is 0.252 e. The number of rotatable bonds is 7. The zero-order chi connectivity index (χ0) is 14.3. The van der Waals surface area contributed by atoms with Crippen LogP contribution < -0.4 is 10.6 Å². The average molecular weight is 285 g/mol. The second-order valence-electron chi connectivity index (χ2n) is 4.54. The fourth-order valence-corrected chi connectivity index (χ4v) is 1.66. The molecule has 0 aromatic carbocycles. The Kier molecular flexibility index (Phi) is 6.59. The van der Waals surface area contributed by atoms with E-state index in [1.807, 2.05) is 19.0 Å². The zero-order valence-electron chi connectivity index (χ0n) is 11.7. The van der Waals surface area contributed by atoms with Crippen LogP contribution in [-0.2, 0) is 0 Å². The van der Waals surface area contributed by atoms with Crippen LogP contribution in [0.4, 0.5) is 5.82 Å². The number of hydrogen-bond donors (Lipinski definition) is 2. The highest BCUT2D eigenvalue weighted by Gasteiger charge is 2.09. The number of hydrogen-bond acceptors (Lipinski definition) is 4. The number of likely N-dealkylation sites (N-methyl/N-ethyl adjacent to an activating group) is 1. The molecule has 19 heavy (non-hydrogen) atoms. The molecule has 1 amide bonds. The highest BCUT2D eigenvalue weighted by molar-refractivity contribution is 6.33. The predicted molar refractivity (Wildman–Crippen MR) is 78.9 cm³/mol. The van der Waals surface area contributed by atoms with Gasteiger partial charge in [0.2, 0.25) is 0 Å². The Morgan fingerprint density at radius 2 is 2.16 bits per heavy atom. The van der Waals surface area contributed by atoms with Crippen LogP contribution in [0.25, 0.3) is 0 Å². The monoisotopic (exact) mass is 284 g/mol. The Morgan fingerprint density at radius 3 is 2.74 bits per heavy atom. The third-order valence-electron chi connectivity index (χ3n) is 2.49. The molecule has 0 atom stereocenters. The molecule has 1 aromatic rings.